The van der Waals surface area contributed by atoms with Gasteiger partial charge in [-0.1, -0.05) is 43.3 Å². The number of fused-ring (bicyclic) bond motifs is 1. The van der Waals surface area contributed by atoms with Gasteiger partial charge in [0, 0.05) is 18.2 Å². The fraction of sp³-hybridized carbons (Fsp3) is 0.286. The van der Waals surface area contributed by atoms with Crippen LogP contribution in [0.4, 0.5) is 0 Å². The predicted molar refractivity (Wildman–Crippen MR) is 161 cm³/mol. The average Bonchev–Trinajstić information content (AvgIpc) is 3.00. The van der Waals surface area contributed by atoms with Crippen LogP contribution in [0, 0.1) is 25.2 Å². The van der Waals surface area contributed by atoms with E-state index in [4.69, 9.17) is 18.9 Å². The van der Waals surface area contributed by atoms with Gasteiger partial charge in [0.25, 0.3) is 0 Å². The van der Waals surface area contributed by atoms with E-state index in [-0.39, 0.29) is 0 Å². The van der Waals surface area contributed by atoms with Gasteiger partial charge in [-0.2, -0.15) is 5.26 Å². The Labute approximate surface area is 242 Å². The average molecular weight is 549 g/mol. The second-order valence-corrected chi connectivity index (χ2v) is 10.2. The van der Waals surface area contributed by atoms with Crippen LogP contribution in [0.2, 0.25) is 0 Å². The first-order valence-corrected chi connectivity index (χ1v) is 14.1. The molecule has 0 saturated carbocycles. The molecular formula is C35H36N2O4. The van der Waals surface area contributed by atoms with Crippen LogP contribution in [-0.2, 0) is 19.8 Å². The second kappa shape index (κ2) is 13.3. The third kappa shape index (κ3) is 6.82. The molecule has 5 rings (SSSR count). The van der Waals surface area contributed by atoms with Gasteiger partial charge in [0.1, 0.15) is 37.9 Å². The number of rotatable bonds is 11. The molecule has 1 aliphatic heterocycles. The van der Waals surface area contributed by atoms with Gasteiger partial charge in [-0.05, 0) is 90.5 Å². The van der Waals surface area contributed by atoms with Crippen molar-refractivity contribution >= 4 is 0 Å². The molecule has 0 aromatic heterocycles. The topological polar surface area (TPSA) is 72.7 Å². The minimum Gasteiger partial charge on any atom is -0.488 e. The SMILES string of the molecule is CCCNCc1cc(C)c(OCc2cccc(-c3ccc4c(c3)OCCO4)c2C)cc1OCc1cccc(C#N)c1. The monoisotopic (exact) mass is 548 g/mol. The van der Waals surface area contributed by atoms with Crippen molar-refractivity contribution in [2.24, 2.45) is 0 Å². The number of ether oxygens (including phenoxy) is 4. The fourth-order valence-electron chi connectivity index (χ4n) is 4.97. The highest BCUT2D eigenvalue weighted by atomic mass is 16.6. The molecule has 0 unspecified atom stereocenters. The standard InChI is InChI=1S/C35H36N2O4/c1-4-13-37-21-30-16-24(2)33(19-34(30)40-22-27-8-5-7-26(17-27)20-36)41-23-29-9-6-10-31(25(29)3)28-11-12-32-35(18-28)39-15-14-38-32/h5-12,16-19,37H,4,13-15,21-23H2,1-3H3. The van der Waals surface area contributed by atoms with Crippen LogP contribution in [0.25, 0.3) is 11.1 Å². The molecule has 6 heteroatoms. The lowest BCUT2D eigenvalue weighted by molar-refractivity contribution is 0.171. The van der Waals surface area contributed by atoms with E-state index in [1.165, 1.54) is 0 Å². The zero-order valence-electron chi connectivity index (χ0n) is 24.0. The van der Waals surface area contributed by atoms with E-state index in [1.807, 2.05) is 36.4 Å². The second-order valence-electron chi connectivity index (χ2n) is 10.2. The summed E-state index contributed by atoms with van der Waals surface area (Å²) in [7, 11) is 0. The van der Waals surface area contributed by atoms with E-state index in [0.29, 0.717) is 38.5 Å². The van der Waals surface area contributed by atoms with Gasteiger partial charge in [0.2, 0.25) is 0 Å². The van der Waals surface area contributed by atoms with Crippen molar-refractivity contribution in [3.05, 3.63) is 106 Å². The minimum absolute atomic E-state index is 0.371. The van der Waals surface area contributed by atoms with Crippen molar-refractivity contribution in [3.63, 3.8) is 0 Å². The summed E-state index contributed by atoms with van der Waals surface area (Å²) in [6.45, 7) is 9.93. The number of aryl methyl sites for hydroxylation is 1. The molecule has 0 spiro atoms. The number of nitriles is 1. The highest BCUT2D eigenvalue weighted by Gasteiger charge is 2.15. The van der Waals surface area contributed by atoms with Crippen molar-refractivity contribution < 1.29 is 18.9 Å². The van der Waals surface area contributed by atoms with Crippen LogP contribution in [-0.4, -0.2) is 19.8 Å². The Hall–Kier alpha value is -4.47. The Morgan fingerprint density at radius 3 is 2.46 bits per heavy atom. The first kappa shape index (κ1) is 28.1. The van der Waals surface area contributed by atoms with Gasteiger partial charge in [0.05, 0.1) is 11.6 Å². The molecule has 1 N–H and O–H groups in total. The van der Waals surface area contributed by atoms with Crippen LogP contribution >= 0.6 is 0 Å². The van der Waals surface area contributed by atoms with Crippen molar-refractivity contribution in [1.29, 1.82) is 5.26 Å². The summed E-state index contributed by atoms with van der Waals surface area (Å²) in [5, 5.41) is 12.7. The zero-order valence-corrected chi connectivity index (χ0v) is 24.0. The molecule has 6 nitrogen and oxygen atoms in total. The summed E-state index contributed by atoms with van der Waals surface area (Å²) in [6, 6.07) is 26.2. The Balaban J connectivity index is 1.35. The Morgan fingerprint density at radius 1 is 0.829 bits per heavy atom. The molecular weight excluding hydrogens is 512 g/mol. The van der Waals surface area contributed by atoms with Crippen LogP contribution in [0.1, 0.15) is 46.7 Å². The molecule has 0 amide bonds. The molecule has 210 valence electrons. The lowest BCUT2D eigenvalue weighted by Gasteiger charge is -2.20. The van der Waals surface area contributed by atoms with Crippen LogP contribution < -0.4 is 24.3 Å². The maximum absolute atomic E-state index is 9.25. The van der Waals surface area contributed by atoms with E-state index < -0.39 is 0 Å². The molecule has 41 heavy (non-hydrogen) atoms. The number of nitrogens with zero attached hydrogens (tertiary/aromatic N) is 1. The van der Waals surface area contributed by atoms with E-state index in [9.17, 15) is 5.26 Å². The lowest BCUT2D eigenvalue weighted by Crippen LogP contribution is -2.15. The molecule has 0 fully saturated rings. The molecule has 0 atom stereocenters. The quantitative estimate of drug-likeness (QED) is 0.199. The van der Waals surface area contributed by atoms with E-state index in [2.05, 4.69) is 62.5 Å². The van der Waals surface area contributed by atoms with Gasteiger partial charge in [-0.3, -0.25) is 0 Å². The molecule has 1 aliphatic rings. The van der Waals surface area contributed by atoms with Crippen LogP contribution in [0.3, 0.4) is 0 Å². The van der Waals surface area contributed by atoms with Gasteiger partial charge >= 0.3 is 0 Å². The minimum atomic E-state index is 0.371. The molecule has 0 bridgehead atoms. The first-order chi connectivity index (χ1) is 20.1. The third-order valence-corrected chi connectivity index (χ3v) is 7.23. The van der Waals surface area contributed by atoms with E-state index in [1.54, 1.807) is 6.07 Å². The van der Waals surface area contributed by atoms with Gasteiger partial charge in [-0.25, -0.2) is 0 Å². The number of hydrogen-bond acceptors (Lipinski definition) is 6. The zero-order chi connectivity index (χ0) is 28.6. The molecule has 0 aliphatic carbocycles. The summed E-state index contributed by atoms with van der Waals surface area (Å²) in [6.07, 6.45) is 1.06. The summed E-state index contributed by atoms with van der Waals surface area (Å²) in [4.78, 5) is 0. The Bertz CT molecular complexity index is 1560. The van der Waals surface area contributed by atoms with Crippen LogP contribution in [0.5, 0.6) is 23.0 Å². The molecule has 4 aromatic carbocycles. The molecule has 4 aromatic rings. The first-order valence-electron chi connectivity index (χ1n) is 14.1. The highest BCUT2D eigenvalue weighted by molar-refractivity contribution is 5.71. The normalized spacial score (nSPS) is 12.0. The van der Waals surface area contributed by atoms with Crippen molar-refractivity contribution in [2.45, 2.75) is 47.0 Å². The van der Waals surface area contributed by atoms with Gasteiger partial charge in [0.15, 0.2) is 11.5 Å². The van der Waals surface area contributed by atoms with Crippen LogP contribution in [0.15, 0.2) is 72.8 Å². The molecule has 0 radical (unpaired) electrons. The van der Waals surface area contributed by atoms with Crippen molar-refractivity contribution in [2.75, 3.05) is 19.8 Å². The molecule has 0 saturated heterocycles. The maximum Gasteiger partial charge on any atom is 0.161 e. The largest absolute Gasteiger partial charge is 0.488 e. The number of nitrogens with one attached hydrogen (secondary N) is 1. The lowest BCUT2D eigenvalue weighted by atomic mass is 9.96. The maximum atomic E-state index is 9.25. The van der Waals surface area contributed by atoms with Gasteiger partial charge in [-0.15, -0.1) is 0 Å². The summed E-state index contributed by atoms with van der Waals surface area (Å²) >= 11 is 0. The Kier molecular flexibility index (Phi) is 9.08. The number of hydrogen-bond donors (Lipinski definition) is 1. The summed E-state index contributed by atoms with van der Waals surface area (Å²) < 4.78 is 24.2. The number of benzene rings is 4. The highest BCUT2D eigenvalue weighted by Crippen LogP contribution is 2.36. The predicted octanol–water partition coefficient (Wildman–Crippen LogP) is 7.27. The van der Waals surface area contributed by atoms with E-state index in [0.717, 1.165) is 74.9 Å². The molecule has 1 heterocycles. The fourth-order valence-corrected chi connectivity index (χ4v) is 4.97. The summed E-state index contributed by atoms with van der Waals surface area (Å²) in [5.74, 6) is 3.13. The van der Waals surface area contributed by atoms with Crippen molar-refractivity contribution in [1.82, 2.24) is 5.32 Å². The summed E-state index contributed by atoms with van der Waals surface area (Å²) in [5.41, 5.74) is 8.21. The third-order valence-electron chi connectivity index (χ3n) is 7.23. The van der Waals surface area contributed by atoms with E-state index >= 15 is 0 Å². The van der Waals surface area contributed by atoms with Gasteiger partial charge < -0.3 is 24.3 Å². The smallest absolute Gasteiger partial charge is 0.161 e. The Morgan fingerprint density at radius 2 is 1.63 bits per heavy atom. The van der Waals surface area contributed by atoms with Crippen molar-refractivity contribution in [3.8, 4) is 40.2 Å².